The number of amides is 1. The van der Waals surface area contributed by atoms with Crippen molar-refractivity contribution >= 4 is 29.0 Å². The molecule has 0 aliphatic carbocycles. The Bertz CT molecular complexity index is 625. The van der Waals surface area contributed by atoms with Crippen molar-refractivity contribution in [1.82, 2.24) is 14.8 Å². The summed E-state index contributed by atoms with van der Waals surface area (Å²) in [7, 11) is 1.79. The van der Waals surface area contributed by atoms with Crippen LogP contribution in [-0.4, -0.2) is 25.9 Å². The van der Waals surface area contributed by atoms with E-state index in [4.69, 9.17) is 5.73 Å². The minimum atomic E-state index is -0.279. The molecule has 0 saturated carbocycles. The zero-order chi connectivity index (χ0) is 14.7. The lowest BCUT2D eigenvalue weighted by Gasteiger charge is -2.13. The Balaban J connectivity index is 2.04. The first-order chi connectivity index (χ1) is 9.47. The molecule has 0 spiro atoms. The number of anilines is 2. The van der Waals surface area contributed by atoms with Gasteiger partial charge in [0.1, 0.15) is 6.33 Å². The van der Waals surface area contributed by atoms with E-state index >= 15 is 0 Å². The van der Waals surface area contributed by atoms with Gasteiger partial charge in [-0.2, -0.15) is 5.10 Å². The maximum Gasteiger partial charge on any atom is 0.237 e. The second-order valence-electron chi connectivity index (χ2n) is 4.49. The number of thioether (sulfide) groups is 1. The van der Waals surface area contributed by atoms with E-state index in [1.165, 1.54) is 18.1 Å². The van der Waals surface area contributed by atoms with E-state index in [1.54, 1.807) is 17.8 Å². The van der Waals surface area contributed by atoms with Gasteiger partial charge in [-0.3, -0.25) is 4.79 Å². The van der Waals surface area contributed by atoms with Crippen LogP contribution in [0.15, 0.2) is 29.7 Å². The Kier molecular flexibility index (Phi) is 4.29. The first-order valence-electron chi connectivity index (χ1n) is 6.15. The lowest BCUT2D eigenvalue weighted by molar-refractivity contribution is -0.115. The minimum absolute atomic E-state index is 0.0910. The summed E-state index contributed by atoms with van der Waals surface area (Å²) >= 11 is 1.36. The smallest absolute Gasteiger partial charge is 0.237 e. The second-order valence-corrected chi connectivity index (χ2v) is 5.80. The molecule has 1 unspecified atom stereocenters. The topological polar surface area (TPSA) is 85.8 Å². The van der Waals surface area contributed by atoms with Gasteiger partial charge >= 0.3 is 0 Å². The van der Waals surface area contributed by atoms with Crippen LogP contribution in [-0.2, 0) is 11.8 Å². The number of carbonyl (C=O) groups excluding carboxylic acids is 1. The van der Waals surface area contributed by atoms with Gasteiger partial charge in [-0.15, -0.1) is 0 Å². The fourth-order valence-electron chi connectivity index (χ4n) is 1.61. The van der Waals surface area contributed by atoms with Crippen LogP contribution in [0.5, 0.6) is 0 Å². The zero-order valence-electron chi connectivity index (χ0n) is 11.6. The van der Waals surface area contributed by atoms with Gasteiger partial charge in [0.05, 0.1) is 5.25 Å². The van der Waals surface area contributed by atoms with Crippen LogP contribution in [0.2, 0.25) is 0 Å². The highest BCUT2D eigenvalue weighted by atomic mass is 32.2. The highest BCUT2D eigenvalue weighted by Crippen LogP contribution is 2.23. The van der Waals surface area contributed by atoms with Gasteiger partial charge in [0.2, 0.25) is 5.91 Å². The van der Waals surface area contributed by atoms with Crippen molar-refractivity contribution < 1.29 is 4.79 Å². The highest BCUT2D eigenvalue weighted by molar-refractivity contribution is 8.00. The molecule has 0 aliphatic heterocycles. The molecule has 2 aromatic rings. The predicted octanol–water partition coefficient (Wildman–Crippen LogP) is 1.83. The monoisotopic (exact) mass is 291 g/mol. The molecule has 0 aliphatic rings. The maximum atomic E-state index is 12.2. The molecule has 1 heterocycles. The highest BCUT2D eigenvalue weighted by Gasteiger charge is 2.17. The number of aryl methyl sites for hydroxylation is 2. The third-order valence-corrected chi connectivity index (χ3v) is 3.99. The van der Waals surface area contributed by atoms with E-state index in [-0.39, 0.29) is 11.2 Å². The molecule has 2 rings (SSSR count). The summed E-state index contributed by atoms with van der Waals surface area (Å²) in [5.74, 6) is -0.0910. The summed E-state index contributed by atoms with van der Waals surface area (Å²) in [6, 6.07) is 5.45. The number of carbonyl (C=O) groups is 1. The minimum Gasteiger partial charge on any atom is -0.399 e. The number of rotatable bonds is 4. The summed E-state index contributed by atoms with van der Waals surface area (Å²) < 4.78 is 1.64. The molecule has 0 saturated heterocycles. The fraction of sp³-hybridized carbons (Fsp3) is 0.308. The van der Waals surface area contributed by atoms with Crippen molar-refractivity contribution in [3.8, 4) is 0 Å². The summed E-state index contributed by atoms with van der Waals surface area (Å²) in [6.07, 6.45) is 1.47. The Morgan fingerprint density at radius 1 is 1.50 bits per heavy atom. The van der Waals surface area contributed by atoms with Crippen LogP contribution in [0, 0.1) is 6.92 Å². The van der Waals surface area contributed by atoms with Gasteiger partial charge < -0.3 is 11.1 Å². The Labute approximate surface area is 121 Å². The first kappa shape index (κ1) is 14.4. The largest absolute Gasteiger partial charge is 0.399 e. The molecule has 7 heteroatoms. The number of nitrogens with one attached hydrogen (secondary N) is 1. The van der Waals surface area contributed by atoms with Gasteiger partial charge in [-0.05, 0) is 31.5 Å². The molecule has 1 atom stereocenters. The predicted molar refractivity (Wildman–Crippen MR) is 80.5 cm³/mol. The van der Waals surface area contributed by atoms with Gasteiger partial charge in [-0.25, -0.2) is 9.67 Å². The van der Waals surface area contributed by atoms with Crippen LogP contribution < -0.4 is 11.1 Å². The van der Waals surface area contributed by atoms with Crippen molar-refractivity contribution in [2.75, 3.05) is 11.1 Å². The summed E-state index contributed by atoms with van der Waals surface area (Å²) in [5.41, 5.74) is 8.07. The van der Waals surface area contributed by atoms with E-state index in [0.717, 1.165) is 11.3 Å². The van der Waals surface area contributed by atoms with Gasteiger partial charge in [0.15, 0.2) is 5.16 Å². The average Bonchev–Trinajstić information content (AvgIpc) is 2.79. The number of hydrogen-bond acceptors (Lipinski definition) is 5. The summed E-state index contributed by atoms with van der Waals surface area (Å²) in [5, 5.41) is 7.29. The van der Waals surface area contributed by atoms with E-state index in [1.807, 2.05) is 26.0 Å². The summed E-state index contributed by atoms with van der Waals surface area (Å²) in [6.45, 7) is 3.76. The van der Waals surface area contributed by atoms with E-state index < -0.39 is 0 Å². The lowest BCUT2D eigenvalue weighted by Crippen LogP contribution is -2.23. The molecule has 3 N–H and O–H groups in total. The van der Waals surface area contributed by atoms with Gasteiger partial charge in [0, 0.05) is 18.4 Å². The Morgan fingerprint density at radius 3 is 2.90 bits per heavy atom. The lowest BCUT2D eigenvalue weighted by atomic mass is 10.2. The van der Waals surface area contributed by atoms with E-state index in [0.29, 0.717) is 10.8 Å². The van der Waals surface area contributed by atoms with Crippen LogP contribution in [0.25, 0.3) is 0 Å². The van der Waals surface area contributed by atoms with Crippen molar-refractivity contribution in [3.63, 3.8) is 0 Å². The van der Waals surface area contributed by atoms with Crippen molar-refractivity contribution in [1.29, 1.82) is 0 Å². The van der Waals surface area contributed by atoms with Crippen molar-refractivity contribution in [2.24, 2.45) is 7.05 Å². The van der Waals surface area contributed by atoms with E-state index in [9.17, 15) is 4.79 Å². The second kappa shape index (κ2) is 5.96. The number of nitrogens with two attached hydrogens (primary N) is 1. The number of aromatic nitrogens is 3. The van der Waals surface area contributed by atoms with E-state index in [2.05, 4.69) is 15.4 Å². The average molecular weight is 291 g/mol. The van der Waals surface area contributed by atoms with Crippen molar-refractivity contribution in [2.45, 2.75) is 24.3 Å². The number of nitrogens with zero attached hydrogens (tertiary/aromatic N) is 3. The SMILES string of the molecule is Cc1ccc(N)cc1NC(=O)C(C)Sc1ncnn1C. The molecule has 1 amide bonds. The third kappa shape index (κ3) is 3.30. The number of hydrogen-bond donors (Lipinski definition) is 2. The maximum absolute atomic E-state index is 12.2. The standard InChI is InChI=1S/C13H17N5OS/c1-8-4-5-10(14)6-11(8)17-12(19)9(2)20-13-15-7-16-18(13)3/h4-7,9H,14H2,1-3H3,(H,17,19). The Morgan fingerprint density at radius 2 is 2.25 bits per heavy atom. The number of benzene rings is 1. The van der Waals surface area contributed by atoms with Gasteiger partial charge in [-0.1, -0.05) is 17.8 Å². The molecule has 0 bridgehead atoms. The van der Waals surface area contributed by atoms with Crippen molar-refractivity contribution in [3.05, 3.63) is 30.1 Å². The quantitative estimate of drug-likeness (QED) is 0.663. The van der Waals surface area contributed by atoms with Crippen LogP contribution >= 0.6 is 11.8 Å². The first-order valence-corrected chi connectivity index (χ1v) is 7.03. The number of nitrogen functional groups attached to an aromatic ring is 1. The van der Waals surface area contributed by atoms with Crippen LogP contribution in [0.3, 0.4) is 0 Å². The molecule has 20 heavy (non-hydrogen) atoms. The molecule has 1 aromatic carbocycles. The molecule has 1 aromatic heterocycles. The fourth-order valence-corrected chi connectivity index (χ4v) is 2.40. The molecule has 0 radical (unpaired) electrons. The molecule has 6 nitrogen and oxygen atoms in total. The molecule has 106 valence electrons. The van der Waals surface area contributed by atoms with Crippen LogP contribution in [0.4, 0.5) is 11.4 Å². The normalized spacial score (nSPS) is 12.2. The van der Waals surface area contributed by atoms with Gasteiger partial charge in [0.25, 0.3) is 0 Å². The Hall–Kier alpha value is -2.02. The molecule has 0 fully saturated rings. The molecular weight excluding hydrogens is 274 g/mol. The van der Waals surface area contributed by atoms with Crippen LogP contribution in [0.1, 0.15) is 12.5 Å². The zero-order valence-corrected chi connectivity index (χ0v) is 12.4. The third-order valence-electron chi connectivity index (χ3n) is 2.84. The molecular formula is C13H17N5OS. The summed E-state index contributed by atoms with van der Waals surface area (Å²) in [4.78, 5) is 16.3.